The first kappa shape index (κ1) is 10.5. The van der Waals surface area contributed by atoms with Gasteiger partial charge in [-0.3, -0.25) is 10.1 Å². The Labute approximate surface area is 98.0 Å². The molecule has 5 heteroatoms. The molecule has 0 bridgehead atoms. The van der Waals surface area contributed by atoms with Gasteiger partial charge in [0.2, 0.25) is 0 Å². The van der Waals surface area contributed by atoms with E-state index in [1.54, 1.807) is 0 Å². The van der Waals surface area contributed by atoms with Crippen molar-refractivity contribution in [2.24, 2.45) is 11.8 Å². The van der Waals surface area contributed by atoms with Gasteiger partial charge in [0.05, 0.1) is 11.0 Å². The number of benzene rings is 1. The van der Waals surface area contributed by atoms with E-state index in [9.17, 15) is 14.5 Å². The summed E-state index contributed by atoms with van der Waals surface area (Å²) in [5.74, 6) is 0.907. The van der Waals surface area contributed by atoms with Crippen molar-refractivity contribution in [3.05, 3.63) is 34.1 Å². The molecular formula is C12H13FN2O2. The van der Waals surface area contributed by atoms with Crippen LogP contribution in [0.15, 0.2) is 18.2 Å². The fourth-order valence-corrected chi connectivity index (χ4v) is 2.86. The molecule has 17 heavy (non-hydrogen) atoms. The normalized spacial score (nSPS) is 29.8. The highest BCUT2D eigenvalue weighted by Crippen LogP contribution is 2.52. The lowest BCUT2D eigenvalue weighted by Gasteiger charge is -2.15. The van der Waals surface area contributed by atoms with E-state index in [0.717, 1.165) is 18.4 Å². The first-order valence-corrected chi connectivity index (χ1v) is 5.85. The monoisotopic (exact) mass is 236 g/mol. The van der Waals surface area contributed by atoms with Crippen molar-refractivity contribution in [3.8, 4) is 0 Å². The number of hydrogen-bond donors (Lipinski definition) is 1. The van der Waals surface area contributed by atoms with Crippen molar-refractivity contribution >= 4 is 11.4 Å². The summed E-state index contributed by atoms with van der Waals surface area (Å²) in [4.78, 5) is 10.3. The number of nitrogens with one attached hydrogen (secondary N) is 1. The molecule has 90 valence electrons. The molecule has 0 heterocycles. The Morgan fingerprint density at radius 1 is 1.41 bits per heavy atom. The molecule has 1 N–H and O–H groups in total. The SMILES string of the molecule is O=[N+]([O-])c1cc(F)ccc1NC1CCC2CC21. The molecule has 2 saturated carbocycles. The summed E-state index contributed by atoms with van der Waals surface area (Å²) >= 11 is 0. The van der Waals surface area contributed by atoms with E-state index in [4.69, 9.17) is 0 Å². The van der Waals surface area contributed by atoms with Crippen LogP contribution in [-0.4, -0.2) is 11.0 Å². The van der Waals surface area contributed by atoms with Gasteiger partial charge in [0, 0.05) is 6.04 Å². The quantitative estimate of drug-likeness (QED) is 0.648. The zero-order valence-corrected chi connectivity index (χ0v) is 9.23. The van der Waals surface area contributed by atoms with E-state index in [1.807, 2.05) is 0 Å². The Kier molecular flexibility index (Phi) is 2.28. The van der Waals surface area contributed by atoms with Gasteiger partial charge < -0.3 is 5.32 Å². The highest BCUT2D eigenvalue weighted by Gasteiger charge is 2.48. The van der Waals surface area contributed by atoms with Crippen molar-refractivity contribution in [2.45, 2.75) is 25.3 Å². The van der Waals surface area contributed by atoms with Gasteiger partial charge in [-0.05, 0) is 43.2 Å². The van der Waals surface area contributed by atoms with E-state index in [0.29, 0.717) is 17.6 Å². The van der Waals surface area contributed by atoms with Gasteiger partial charge in [0.15, 0.2) is 0 Å². The lowest BCUT2D eigenvalue weighted by Crippen LogP contribution is -2.19. The van der Waals surface area contributed by atoms with Crippen LogP contribution in [0.3, 0.4) is 0 Å². The number of halogens is 1. The Balaban J connectivity index is 1.84. The zero-order chi connectivity index (χ0) is 12.0. The number of nitro groups is 1. The summed E-state index contributed by atoms with van der Waals surface area (Å²) in [6.45, 7) is 0. The van der Waals surface area contributed by atoms with Crippen molar-refractivity contribution in [3.63, 3.8) is 0 Å². The maximum absolute atomic E-state index is 13.0. The molecular weight excluding hydrogens is 223 g/mol. The molecule has 2 aliphatic carbocycles. The third-order valence-electron chi connectivity index (χ3n) is 3.84. The van der Waals surface area contributed by atoms with Crippen LogP contribution in [0.1, 0.15) is 19.3 Å². The first-order valence-electron chi connectivity index (χ1n) is 5.85. The Hall–Kier alpha value is -1.65. The molecule has 2 fully saturated rings. The van der Waals surface area contributed by atoms with Gasteiger partial charge in [-0.15, -0.1) is 0 Å². The Morgan fingerprint density at radius 3 is 2.82 bits per heavy atom. The second kappa shape index (κ2) is 3.68. The molecule has 0 radical (unpaired) electrons. The van der Waals surface area contributed by atoms with Crippen LogP contribution in [0.5, 0.6) is 0 Å². The molecule has 3 rings (SSSR count). The van der Waals surface area contributed by atoms with Gasteiger partial charge >= 0.3 is 0 Å². The molecule has 1 aromatic carbocycles. The van der Waals surface area contributed by atoms with Gasteiger partial charge in [0.1, 0.15) is 11.5 Å². The summed E-state index contributed by atoms with van der Waals surface area (Å²) < 4.78 is 13.0. The molecule has 1 aromatic rings. The topological polar surface area (TPSA) is 55.2 Å². The van der Waals surface area contributed by atoms with Gasteiger partial charge in [-0.2, -0.15) is 0 Å². The third-order valence-corrected chi connectivity index (χ3v) is 3.84. The summed E-state index contributed by atoms with van der Waals surface area (Å²) in [5.41, 5.74) is 0.267. The average Bonchev–Trinajstić information content (AvgIpc) is 2.97. The number of anilines is 1. The fraction of sp³-hybridized carbons (Fsp3) is 0.500. The lowest BCUT2D eigenvalue weighted by molar-refractivity contribution is -0.384. The summed E-state index contributed by atoms with van der Waals surface area (Å²) in [5, 5.41) is 14.0. The van der Waals surface area contributed by atoms with Crippen molar-refractivity contribution in [1.29, 1.82) is 0 Å². The van der Waals surface area contributed by atoms with Crippen LogP contribution in [0.4, 0.5) is 15.8 Å². The Bertz CT molecular complexity index is 478. The minimum Gasteiger partial charge on any atom is -0.376 e. The molecule has 3 atom stereocenters. The van der Waals surface area contributed by atoms with Crippen LogP contribution in [0, 0.1) is 27.8 Å². The second-order valence-corrected chi connectivity index (χ2v) is 4.91. The van der Waals surface area contributed by atoms with Gasteiger partial charge in [-0.25, -0.2) is 4.39 Å². The molecule has 0 aliphatic heterocycles. The molecule has 0 saturated heterocycles. The predicted molar refractivity (Wildman–Crippen MR) is 61.3 cm³/mol. The van der Waals surface area contributed by atoms with Crippen LogP contribution >= 0.6 is 0 Å². The Morgan fingerprint density at radius 2 is 2.24 bits per heavy atom. The van der Waals surface area contributed by atoms with Crippen molar-refractivity contribution < 1.29 is 9.31 Å². The largest absolute Gasteiger partial charge is 0.376 e. The minimum atomic E-state index is -0.571. The number of rotatable bonds is 3. The van der Waals surface area contributed by atoms with E-state index >= 15 is 0 Å². The third kappa shape index (κ3) is 1.85. The number of nitrogens with zero attached hydrogens (tertiary/aromatic N) is 1. The molecule has 2 aliphatic rings. The summed E-state index contributed by atoms with van der Waals surface area (Å²) in [7, 11) is 0. The lowest BCUT2D eigenvalue weighted by atomic mass is 10.1. The standard InChI is InChI=1S/C12H13FN2O2/c13-8-2-4-11(12(6-8)15(16)17)14-10-3-1-7-5-9(7)10/h2,4,6-7,9-10,14H,1,3,5H2. The molecule has 0 amide bonds. The smallest absolute Gasteiger partial charge is 0.295 e. The van der Waals surface area contributed by atoms with Crippen molar-refractivity contribution in [2.75, 3.05) is 5.32 Å². The van der Waals surface area contributed by atoms with Gasteiger partial charge in [0.25, 0.3) is 5.69 Å². The maximum Gasteiger partial charge on any atom is 0.295 e. The van der Waals surface area contributed by atoms with E-state index < -0.39 is 10.7 Å². The zero-order valence-electron chi connectivity index (χ0n) is 9.23. The fourth-order valence-electron chi connectivity index (χ4n) is 2.86. The molecule has 3 unspecified atom stereocenters. The first-order chi connectivity index (χ1) is 8.15. The highest BCUT2D eigenvalue weighted by atomic mass is 19.1. The van der Waals surface area contributed by atoms with Crippen molar-refractivity contribution in [1.82, 2.24) is 0 Å². The molecule has 0 aromatic heterocycles. The summed E-state index contributed by atoms with van der Waals surface area (Å²) in [6, 6.07) is 4.02. The molecule has 4 nitrogen and oxygen atoms in total. The maximum atomic E-state index is 13.0. The summed E-state index contributed by atoms with van der Waals surface area (Å²) in [6.07, 6.45) is 3.49. The average molecular weight is 236 g/mol. The minimum absolute atomic E-state index is 0.172. The van der Waals surface area contributed by atoms with Crippen LogP contribution in [0.2, 0.25) is 0 Å². The predicted octanol–water partition coefficient (Wildman–Crippen LogP) is 2.94. The highest BCUT2D eigenvalue weighted by molar-refractivity contribution is 5.62. The van der Waals surface area contributed by atoms with E-state index in [-0.39, 0.29) is 5.69 Å². The van der Waals surface area contributed by atoms with Gasteiger partial charge in [-0.1, -0.05) is 0 Å². The van der Waals surface area contributed by atoms with Crippen LogP contribution in [-0.2, 0) is 0 Å². The second-order valence-electron chi connectivity index (χ2n) is 4.91. The van der Waals surface area contributed by atoms with Crippen LogP contribution < -0.4 is 5.32 Å². The molecule has 0 spiro atoms. The van der Waals surface area contributed by atoms with E-state index in [2.05, 4.69) is 5.32 Å². The number of fused-ring (bicyclic) bond motifs is 1. The number of hydrogen-bond acceptors (Lipinski definition) is 3. The van der Waals surface area contributed by atoms with E-state index in [1.165, 1.54) is 25.0 Å². The van der Waals surface area contributed by atoms with Crippen LogP contribution in [0.25, 0.3) is 0 Å². The number of nitro benzene ring substituents is 1.